The van der Waals surface area contributed by atoms with E-state index >= 15 is 0 Å². The molecule has 0 aliphatic rings. The van der Waals surface area contributed by atoms with Gasteiger partial charge in [0.25, 0.3) is 0 Å². The Bertz CT molecular complexity index is 589. The first-order valence-corrected chi connectivity index (χ1v) is 7.83. The highest BCUT2D eigenvalue weighted by Gasteiger charge is 2.18. The molecule has 0 aliphatic carbocycles. The summed E-state index contributed by atoms with van der Waals surface area (Å²) in [5.74, 6) is 1.51. The van der Waals surface area contributed by atoms with Gasteiger partial charge in [-0.25, -0.2) is 9.97 Å². The summed E-state index contributed by atoms with van der Waals surface area (Å²) >= 11 is 1.74. The summed E-state index contributed by atoms with van der Waals surface area (Å²) in [5.41, 5.74) is 1.29. The lowest BCUT2D eigenvalue weighted by Crippen LogP contribution is -2.36. The maximum Gasteiger partial charge on any atom is 0.138 e. The summed E-state index contributed by atoms with van der Waals surface area (Å²) in [5, 5.41) is 4.80. The fraction of sp³-hybridized carbons (Fsp3) is 0.600. The smallest absolute Gasteiger partial charge is 0.138 e. The zero-order valence-corrected chi connectivity index (χ0v) is 14.0. The van der Waals surface area contributed by atoms with Crippen LogP contribution in [0.4, 0.5) is 5.82 Å². The molecule has 0 radical (unpaired) electrons. The number of hydrogen-bond acceptors (Lipinski definition) is 5. The second-order valence-electron chi connectivity index (χ2n) is 5.94. The average Bonchev–Trinajstić information content (AvgIpc) is 2.64. The minimum atomic E-state index is 0.378. The number of nitrogens with zero attached hydrogens (tertiary/aromatic N) is 3. The van der Waals surface area contributed by atoms with Crippen molar-refractivity contribution < 1.29 is 0 Å². The lowest BCUT2D eigenvalue weighted by atomic mass is 10.0. The van der Waals surface area contributed by atoms with E-state index in [2.05, 4.69) is 62.0 Å². The molecule has 0 spiro atoms. The third kappa shape index (κ3) is 3.10. The highest BCUT2D eigenvalue weighted by atomic mass is 32.1. The van der Waals surface area contributed by atoms with Crippen LogP contribution in [0.5, 0.6) is 0 Å². The lowest BCUT2D eigenvalue weighted by molar-refractivity contribution is 0.344. The van der Waals surface area contributed by atoms with Gasteiger partial charge < -0.3 is 10.2 Å². The second-order valence-corrected chi connectivity index (χ2v) is 7.15. The summed E-state index contributed by atoms with van der Waals surface area (Å²) in [7, 11) is 4.21. The molecule has 1 unspecified atom stereocenters. The zero-order valence-electron chi connectivity index (χ0n) is 13.2. The fourth-order valence-corrected chi connectivity index (χ4v) is 3.28. The molecule has 5 heteroatoms. The Morgan fingerprint density at radius 2 is 1.95 bits per heavy atom. The first-order valence-electron chi connectivity index (χ1n) is 7.02. The Hall–Kier alpha value is -1.20. The van der Waals surface area contributed by atoms with Crippen LogP contribution in [-0.2, 0) is 0 Å². The molecular formula is C15H24N4S. The van der Waals surface area contributed by atoms with Crippen molar-refractivity contribution in [1.82, 2.24) is 14.9 Å². The van der Waals surface area contributed by atoms with Crippen LogP contribution in [0, 0.1) is 19.8 Å². The number of thiophene rings is 1. The normalized spacial score (nSPS) is 13.4. The van der Waals surface area contributed by atoms with Crippen molar-refractivity contribution in [3.63, 3.8) is 0 Å². The van der Waals surface area contributed by atoms with E-state index in [0.29, 0.717) is 12.0 Å². The van der Waals surface area contributed by atoms with E-state index in [1.165, 1.54) is 15.8 Å². The fourth-order valence-electron chi connectivity index (χ4n) is 2.28. The molecule has 0 bridgehead atoms. The van der Waals surface area contributed by atoms with Crippen molar-refractivity contribution in [3.05, 3.63) is 16.8 Å². The molecule has 0 amide bonds. The molecular weight excluding hydrogens is 268 g/mol. The number of aromatic nitrogens is 2. The number of nitrogens with one attached hydrogen (secondary N) is 1. The zero-order chi connectivity index (χ0) is 14.9. The minimum absolute atomic E-state index is 0.378. The molecule has 2 aromatic heterocycles. The first kappa shape index (κ1) is 15.2. The van der Waals surface area contributed by atoms with Crippen molar-refractivity contribution in [2.24, 2.45) is 5.92 Å². The van der Waals surface area contributed by atoms with Gasteiger partial charge in [0.2, 0.25) is 0 Å². The Labute approximate surface area is 125 Å². The first-order chi connectivity index (χ1) is 9.40. The third-order valence-electron chi connectivity index (χ3n) is 3.65. The number of fused-ring (bicyclic) bond motifs is 1. The molecule has 1 atom stereocenters. The highest BCUT2D eigenvalue weighted by molar-refractivity contribution is 7.18. The van der Waals surface area contributed by atoms with E-state index in [9.17, 15) is 0 Å². The van der Waals surface area contributed by atoms with Gasteiger partial charge in [-0.15, -0.1) is 11.3 Å². The predicted molar refractivity (Wildman–Crippen MR) is 87.7 cm³/mol. The van der Waals surface area contributed by atoms with Crippen LogP contribution < -0.4 is 5.32 Å². The van der Waals surface area contributed by atoms with Crippen LogP contribution in [0.3, 0.4) is 0 Å². The topological polar surface area (TPSA) is 41.1 Å². The molecule has 110 valence electrons. The molecule has 0 saturated heterocycles. The molecule has 0 fully saturated rings. The van der Waals surface area contributed by atoms with Crippen LogP contribution in [0.1, 0.15) is 24.3 Å². The minimum Gasteiger partial charge on any atom is -0.365 e. The Morgan fingerprint density at radius 3 is 2.55 bits per heavy atom. The standard InChI is InChI=1S/C15H24N4S/c1-9(2)12(7-19(5)6)18-14-13-10(3)11(4)20-15(13)17-8-16-14/h8-9,12H,7H2,1-6H3,(H,16,17,18). The van der Waals surface area contributed by atoms with Crippen molar-refractivity contribution in [1.29, 1.82) is 0 Å². The van der Waals surface area contributed by atoms with Gasteiger partial charge in [-0.05, 0) is 39.4 Å². The summed E-state index contributed by atoms with van der Waals surface area (Å²) in [6.07, 6.45) is 1.66. The lowest BCUT2D eigenvalue weighted by Gasteiger charge is -2.26. The van der Waals surface area contributed by atoms with E-state index in [1.807, 2.05) is 0 Å². The quantitative estimate of drug-likeness (QED) is 0.918. The molecule has 0 saturated carbocycles. The molecule has 1 N–H and O–H groups in total. The summed E-state index contributed by atoms with van der Waals surface area (Å²) in [4.78, 5) is 13.5. The molecule has 0 aromatic carbocycles. The second kappa shape index (κ2) is 6.06. The monoisotopic (exact) mass is 292 g/mol. The van der Waals surface area contributed by atoms with E-state index in [-0.39, 0.29) is 0 Å². The molecule has 0 aliphatic heterocycles. The number of anilines is 1. The van der Waals surface area contributed by atoms with Crippen LogP contribution in [0.2, 0.25) is 0 Å². The van der Waals surface area contributed by atoms with Gasteiger partial charge in [-0.1, -0.05) is 13.8 Å². The Morgan fingerprint density at radius 1 is 1.25 bits per heavy atom. The van der Waals surface area contributed by atoms with E-state index in [1.54, 1.807) is 17.7 Å². The van der Waals surface area contributed by atoms with Gasteiger partial charge in [0, 0.05) is 17.5 Å². The largest absolute Gasteiger partial charge is 0.365 e. The Balaban J connectivity index is 2.37. The third-order valence-corrected chi connectivity index (χ3v) is 4.77. The van der Waals surface area contributed by atoms with Gasteiger partial charge in [-0.2, -0.15) is 0 Å². The van der Waals surface area contributed by atoms with Crippen LogP contribution in [-0.4, -0.2) is 41.5 Å². The molecule has 2 heterocycles. The molecule has 2 aromatic rings. The van der Waals surface area contributed by atoms with Gasteiger partial charge in [0.1, 0.15) is 17.0 Å². The number of hydrogen-bond donors (Lipinski definition) is 1. The maximum absolute atomic E-state index is 4.48. The maximum atomic E-state index is 4.48. The average molecular weight is 292 g/mol. The molecule has 2 rings (SSSR count). The van der Waals surface area contributed by atoms with Gasteiger partial charge >= 0.3 is 0 Å². The van der Waals surface area contributed by atoms with E-state index < -0.39 is 0 Å². The number of likely N-dealkylation sites (N-methyl/N-ethyl adjacent to an activating group) is 1. The summed E-state index contributed by atoms with van der Waals surface area (Å²) < 4.78 is 0. The van der Waals surface area contributed by atoms with E-state index in [4.69, 9.17) is 0 Å². The molecule has 4 nitrogen and oxygen atoms in total. The number of rotatable bonds is 5. The van der Waals surface area contributed by atoms with E-state index in [0.717, 1.165) is 17.2 Å². The molecule has 20 heavy (non-hydrogen) atoms. The van der Waals surface area contributed by atoms with Crippen molar-refractivity contribution >= 4 is 27.4 Å². The van der Waals surface area contributed by atoms with Crippen LogP contribution in [0.25, 0.3) is 10.2 Å². The summed E-state index contributed by atoms with van der Waals surface area (Å²) in [6.45, 7) is 9.77. The van der Waals surface area contributed by atoms with Crippen LogP contribution in [0.15, 0.2) is 6.33 Å². The SMILES string of the molecule is Cc1sc2ncnc(NC(CN(C)C)C(C)C)c2c1C. The van der Waals surface area contributed by atoms with Crippen molar-refractivity contribution in [2.45, 2.75) is 33.7 Å². The number of aryl methyl sites for hydroxylation is 2. The highest BCUT2D eigenvalue weighted by Crippen LogP contribution is 2.33. The summed E-state index contributed by atoms with van der Waals surface area (Å²) in [6, 6.07) is 0.378. The van der Waals surface area contributed by atoms with Crippen LogP contribution >= 0.6 is 11.3 Å². The van der Waals surface area contributed by atoms with Crippen molar-refractivity contribution in [2.75, 3.05) is 26.0 Å². The van der Waals surface area contributed by atoms with Gasteiger partial charge in [0.15, 0.2) is 0 Å². The van der Waals surface area contributed by atoms with Gasteiger partial charge in [-0.3, -0.25) is 0 Å². The van der Waals surface area contributed by atoms with Gasteiger partial charge in [0.05, 0.1) is 5.39 Å². The predicted octanol–water partition coefficient (Wildman–Crippen LogP) is 3.31. The Kier molecular flexibility index (Phi) is 4.60. The van der Waals surface area contributed by atoms with Crippen molar-refractivity contribution in [3.8, 4) is 0 Å².